The number of primary amides is 1. The zero-order chi connectivity index (χ0) is 27.4. The molecule has 2 saturated heterocycles. The highest BCUT2D eigenvalue weighted by atomic mass is 35.5. The Hall–Kier alpha value is -3.63. The molecule has 10 nitrogen and oxygen atoms in total. The first-order valence-electron chi connectivity index (χ1n) is 12.4. The number of hydrogen-bond donors (Lipinski definition) is 3. The van der Waals surface area contributed by atoms with Crippen molar-refractivity contribution in [3.05, 3.63) is 52.0 Å². The Balaban J connectivity index is 1.50. The zero-order valence-corrected chi connectivity index (χ0v) is 22.1. The standard InChI is InChI=1S/C27H29ClN4O6/c1-13-16(28)6-5-15-23(13)30-26(36)27(15)22-21(17(31-27)7-9-20(29)33)24(34)32(25(22)35)11-10-14-4-8-18(37-2)19(12-14)38-3/h4-6,8,12,17,21-22,31H,7,9-11H2,1-3H3,(H2,29,33)(H,30,36). The quantitative estimate of drug-likeness (QED) is 0.434. The van der Waals surface area contributed by atoms with Crippen LogP contribution in [0.3, 0.4) is 0 Å². The third-order valence-electron chi connectivity index (χ3n) is 7.95. The van der Waals surface area contributed by atoms with Crippen LogP contribution in [-0.4, -0.2) is 55.3 Å². The molecule has 200 valence electrons. The van der Waals surface area contributed by atoms with E-state index in [1.54, 1.807) is 38.3 Å². The molecule has 1 spiro atoms. The van der Waals surface area contributed by atoms with Crippen LogP contribution in [0.1, 0.15) is 29.5 Å². The molecule has 38 heavy (non-hydrogen) atoms. The number of ether oxygens (including phenoxy) is 2. The van der Waals surface area contributed by atoms with Gasteiger partial charge in [-0.1, -0.05) is 23.7 Å². The van der Waals surface area contributed by atoms with Crippen molar-refractivity contribution in [1.82, 2.24) is 10.2 Å². The van der Waals surface area contributed by atoms with Crippen molar-refractivity contribution in [3.63, 3.8) is 0 Å². The number of anilines is 1. The normalized spacial score (nSPS) is 25.5. The minimum atomic E-state index is -1.46. The molecule has 4 atom stereocenters. The number of carbonyl (C=O) groups excluding carboxylic acids is 4. The van der Waals surface area contributed by atoms with E-state index in [0.29, 0.717) is 39.8 Å². The summed E-state index contributed by atoms with van der Waals surface area (Å²) >= 11 is 6.31. The van der Waals surface area contributed by atoms with Gasteiger partial charge in [-0.15, -0.1) is 0 Å². The van der Waals surface area contributed by atoms with Gasteiger partial charge in [0.1, 0.15) is 5.54 Å². The number of amides is 4. The van der Waals surface area contributed by atoms with E-state index in [1.165, 1.54) is 12.0 Å². The lowest BCUT2D eigenvalue weighted by molar-refractivity contribution is -0.142. The summed E-state index contributed by atoms with van der Waals surface area (Å²) in [5.41, 5.74) is 6.58. The van der Waals surface area contributed by atoms with Crippen LogP contribution < -0.4 is 25.8 Å². The van der Waals surface area contributed by atoms with Crippen molar-refractivity contribution in [2.45, 2.75) is 37.8 Å². The van der Waals surface area contributed by atoms with E-state index in [-0.39, 0.29) is 25.3 Å². The van der Waals surface area contributed by atoms with Gasteiger partial charge in [0.15, 0.2) is 11.5 Å². The summed E-state index contributed by atoms with van der Waals surface area (Å²) in [4.78, 5) is 54.1. The second-order valence-corrected chi connectivity index (χ2v) is 10.3. The molecule has 11 heteroatoms. The molecule has 0 aliphatic carbocycles. The highest BCUT2D eigenvalue weighted by molar-refractivity contribution is 6.32. The topological polar surface area (TPSA) is 140 Å². The smallest absolute Gasteiger partial charge is 0.250 e. The molecule has 0 bridgehead atoms. The Morgan fingerprint density at radius 1 is 1.11 bits per heavy atom. The number of carbonyl (C=O) groups is 4. The van der Waals surface area contributed by atoms with Crippen LogP contribution in [-0.2, 0) is 31.1 Å². The predicted molar refractivity (Wildman–Crippen MR) is 139 cm³/mol. The highest BCUT2D eigenvalue weighted by Gasteiger charge is 2.70. The van der Waals surface area contributed by atoms with Gasteiger partial charge >= 0.3 is 0 Å². The number of hydrogen-bond acceptors (Lipinski definition) is 7. The Morgan fingerprint density at radius 3 is 2.53 bits per heavy atom. The van der Waals surface area contributed by atoms with Crippen LogP contribution in [0, 0.1) is 18.8 Å². The maximum absolute atomic E-state index is 13.9. The molecule has 2 fully saturated rings. The monoisotopic (exact) mass is 540 g/mol. The van der Waals surface area contributed by atoms with E-state index in [4.69, 9.17) is 26.8 Å². The van der Waals surface area contributed by atoms with Crippen molar-refractivity contribution in [2.75, 3.05) is 26.1 Å². The molecule has 2 aromatic rings. The molecule has 2 aromatic carbocycles. The van der Waals surface area contributed by atoms with Gasteiger partial charge in [-0.25, -0.2) is 0 Å². The fourth-order valence-corrected chi connectivity index (χ4v) is 6.25. The van der Waals surface area contributed by atoms with Crippen molar-refractivity contribution in [2.24, 2.45) is 17.6 Å². The minimum Gasteiger partial charge on any atom is -0.493 e. The lowest BCUT2D eigenvalue weighted by Gasteiger charge is -2.29. The maximum atomic E-state index is 13.9. The first-order valence-corrected chi connectivity index (χ1v) is 12.7. The van der Waals surface area contributed by atoms with E-state index in [0.717, 1.165) is 5.56 Å². The number of halogens is 1. The summed E-state index contributed by atoms with van der Waals surface area (Å²) < 4.78 is 10.6. The number of methoxy groups -OCH3 is 2. The Bertz CT molecular complexity index is 1360. The molecule has 4 N–H and O–H groups in total. The first kappa shape index (κ1) is 26.0. The molecule has 4 unspecified atom stereocenters. The Kier molecular flexibility index (Phi) is 6.56. The molecule has 0 aromatic heterocycles. The Morgan fingerprint density at radius 2 is 1.84 bits per heavy atom. The SMILES string of the molecule is COc1ccc(CCN2C(=O)C3C(CCC(N)=O)NC4(C(=O)Nc5c4ccc(Cl)c5C)C3C2=O)cc1OC. The van der Waals surface area contributed by atoms with Gasteiger partial charge in [-0.3, -0.25) is 29.4 Å². The Labute approximate surface area is 224 Å². The molecular weight excluding hydrogens is 512 g/mol. The number of imide groups is 1. The summed E-state index contributed by atoms with van der Waals surface area (Å²) in [5.74, 6) is -2.41. The van der Waals surface area contributed by atoms with Crippen LogP contribution in [0.25, 0.3) is 0 Å². The summed E-state index contributed by atoms with van der Waals surface area (Å²) in [6.45, 7) is 1.92. The molecule has 3 aliphatic heterocycles. The van der Waals surface area contributed by atoms with Gasteiger partial charge in [0, 0.05) is 29.6 Å². The lowest BCUT2D eigenvalue weighted by Crippen LogP contribution is -2.53. The average Bonchev–Trinajstić information content (AvgIpc) is 3.48. The summed E-state index contributed by atoms with van der Waals surface area (Å²) in [6, 6.07) is 8.22. The van der Waals surface area contributed by atoms with Crippen LogP contribution in [0.5, 0.6) is 11.5 Å². The van der Waals surface area contributed by atoms with Gasteiger partial charge in [0.05, 0.1) is 31.7 Å². The van der Waals surface area contributed by atoms with Crippen LogP contribution >= 0.6 is 11.6 Å². The van der Waals surface area contributed by atoms with Gasteiger partial charge < -0.3 is 20.5 Å². The summed E-state index contributed by atoms with van der Waals surface area (Å²) in [7, 11) is 3.08. The summed E-state index contributed by atoms with van der Waals surface area (Å²) in [6.07, 6.45) is 0.620. The van der Waals surface area contributed by atoms with Crippen LogP contribution in [0.2, 0.25) is 5.02 Å². The van der Waals surface area contributed by atoms with Gasteiger partial charge in [-0.05, 0) is 49.1 Å². The number of nitrogens with one attached hydrogen (secondary N) is 2. The van der Waals surface area contributed by atoms with Crippen molar-refractivity contribution >= 4 is 40.9 Å². The molecule has 3 aliphatic rings. The molecule has 0 saturated carbocycles. The van der Waals surface area contributed by atoms with Crippen molar-refractivity contribution < 1.29 is 28.7 Å². The fraction of sp³-hybridized carbons (Fsp3) is 0.407. The third-order valence-corrected chi connectivity index (χ3v) is 8.36. The number of benzene rings is 2. The lowest BCUT2D eigenvalue weighted by atomic mass is 9.76. The second-order valence-electron chi connectivity index (χ2n) is 9.88. The molecule has 5 rings (SSSR count). The number of rotatable bonds is 8. The first-order chi connectivity index (χ1) is 18.1. The van der Waals surface area contributed by atoms with E-state index in [1.807, 2.05) is 6.07 Å². The largest absolute Gasteiger partial charge is 0.493 e. The maximum Gasteiger partial charge on any atom is 0.250 e. The van der Waals surface area contributed by atoms with Crippen LogP contribution in [0.4, 0.5) is 5.69 Å². The minimum absolute atomic E-state index is 0.0121. The van der Waals surface area contributed by atoms with E-state index in [9.17, 15) is 19.2 Å². The van der Waals surface area contributed by atoms with Gasteiger partial charge in [-0.2, -0.15) is 0 Å². The highest BCUT2D eigenvalue weighted by Crippen LogP contribution is 2.54. The zero-order valence-electron chi connectivity index (χ0n) is 21.3. The number of nitrogens with zero attached hydrogens (tertiary/aromatic N) is 1. The van der Waals surface area contributed by atoms with Gasteiger partial charge in [0.25, 0.3) is 0 Å². The molecular formula is C27H29ClN4O6. The fourth-order valence-electron chi connectivity index (χ4n) is 6.09. The summed E-state index contributed by atoms with van der Waals surface area (Å²) in [5, 5.41) is 6.66. The van der Waals surface area contributed by atoms with E-state index >= 15 is 0 Å². The van der Waals surface area contributed by atoms with Gasteiger partial charge in [0.2, 0.25) is 23.6 Å². The van der Waals surface area contributed by atoms with E-state index < -0.39 is 41.1 Å². The molecule has 4 amide bonds. The number of fused-ring (bicyclic) bond motifs is 4. The molecule has 0 radical (unpaired) electrons. The number of nitrogens with two attached hydrogens (primary N) is 1. The average molecular weight is 541 g/mol. The van der Waals surface area contributed by atoms with Crippen LogP contribution in [0.15, 0.2) is 30.3 Å². The van der Waals surface area contributed by atoms with Crippen molar-refractivity contribution in [3.8, 4) is 11.5 Å². The predicted octanol–water partition coefficient (Wildman–Crippen LogP) is 1.89. The number of likely N-dealkylation sites (tertiary alicyclic amines) is 1. The second kappa shape index (κ2) is 9.59. The molecule has 3 heterocycles. The third kappa shape index (κ3) is 3.82. The van der Waals surface area contributed by atoms with E-state index in [2.05, 4.69) is 10.6 Å². The van der Waals surface area contributed by atoms with Crippen molar-refractivity contribution in [1.29, 1.82) is 0 Å².